The lowest BCUT2D eigenvalue weighted by atomic mass is 10.3. The number of carbonyl (C=O) groups is 1. The Bertz CT molecular complexity index is 813. The van der Waals surface area contributed by atoms with E-state index in [0.29, 0.717) is 19.5 Å². The van der Waals surface area contributed by atoms with Crippen molar-refractivity contribution in [2.24, 2.45) is 0 Å². The molecule has 3 rings (SSSR count). The lowest BCUT2D eigenvalue weighted by Crippen LogP contribution is -2.37. The van der Waals surface area contributed by atoms with Crippen LogP contribution < -0.4 is 10.6 Å². The van der Waals surface area contributed by atoms with E-state index in [4.69, 9.17) is 0 Å². The lowest BCUT2D eigenvalue weighted by molar-refractivity contribution is 0.241. The summed E-state index contributed by atoms with van der Waals surface area (Å²) < 4.78 is 2.04. The molecule has 6 heteroatoms. The van der Waals surface area contributed by atoms with Gasteiger partial charge in [-0.05, 0) is 30.7 Å². The molecule has 0 aliphatic rings. The quantitative estimate of drug-likeness (QED) is 0.732. The Balaban J connectivity index is 1.81. The first-order chi connectivity index (χ1) is 11.8. The van der Waals surface area contributed by atoms with Gasteiger partial charge in [0.05, 0.1) is 0 Å². The molecule has 1 aromatic carbocycles. The highest BCUT2D eigenvalue weighted by Crippen LogP contribution is 2.19. The molecule has 0 radical (unpaired) electrons. The maximum Gasteiger partial charge on any atom is 0.314 e. The molecule has 0 saturated heterocycles. The van der Waals surface area contributed by atoms with Crippen molar-refractivity contribution in [3.8, 4) is 5.69 Å². The number of fused-ring (bicyclic) bond motifs is 1. The van der Waals surface area contributed by atoms with Crippen molar-refractivity contribution in [1.82, 2.24) is 25.2 Å². The number of rotatable bonds is 6. The van der Waals surface area contributed by atoms with Crippen LogP contribution in [0.5, 0.6) is 0 Å². The van der Waals surface area contributed by atoms with Gasteiger partial charge in [0, 0.05) is 31.4 Å². The van der Waals surface area contributed by atoms with Gasteiger partial charge in [0.25, 0.3) is 0 Å². The van der Waals surface area contributed by atoms with Crippen LogP contribution in [0, 0.1) is 0 Å². The summed E-state index contributed by atoms with van der Waals surface area (Å²) in [5, 5.41) is 5.67. The highest BCUT2D eigenvalue weighted by atomic mass is 16.2. The van der Waals surface area contributed by atoms with Gasteiger partial charge in [0.1, 0.15) is 11.3 Å². The molecular weight excluding hydrogens is 302 g/mol. The summed E-state index contributed by atoms with van der Waals surface area (Å²) in [7, 11) is 0. The van der Waals surface area contributed by atoms with Crippen LogP contribution in [-0.4, -0.2) is 33.7 Å². The third-order valence-corrected chi connectivity index (χ3v) is 3.67. The minimum atomic E-state index is -0.141. The Morgan fingerprint density at radius 1 is 1.08 bits per heavy atom. The molecule has 0 saturated carbocycles. The number of benzene rings is 1. The number of amides is 2. The van der Waals surface area contributed by atoms with Gasteiger partial charge in [-0.3, -0.25) is 4.57 Å². The molecule has 124 valence electrons. The number of hydrogen-bond donors (Lipinski definition) is 2. The van der Waals surface area contributed by atoms with Gasteiger partial charge in [-0.1, -0.05) is 25.1 Å². The molecule has 0 bridgehead atoms. The first-order valence-corrected chi connectivity index (χ1v) is 8.19. The molecule has 0 unspecified atom stereocenters. The number of urea groups is 1. The van der Waals surface area contributed by atoms with Crippen LogP contribution in [0.1, 0.15) is 19.2 Å². The van der Waals surface area contributed by atoms with Crippen molar-refractivity contribution in [3.63, 3.8) is 0 Å². The highest BCUT2D eigenvalue weighted by molar-refractivity contribution is 5.74. The van der Waals surface area contributed by atoms with E-state index in [9.17, 15) is 4.79 Å². The average Bonchev–Trinajstić information content (AvgIpc) is 2.99. The molecule has 0 fully saturated rings. The fourth-order valence-corrected chi connectivity index (χ4v) is 2.56. The Hall–Kier alpha value is -2.89. The Morgan fingerprint density at radius 3 is 2.67 bits per heavy atom. The number of nitrogens with zero attached hydrogens (tertiary/aromatic N) is 3. The zero-order chi connectivity index (χ0) is 16.8. The van der Waals surface area contributed by atoms with E-state index >= 15 is 0 Å². The molecule has 0 aliphatic carbocycles. The zero-order valence-corrected chi connectivity index (χ0v) is 13.7. The van der Waals surface area contributed by atoms with Crippen molar-refractivity contribution in [2.45, 2.75) is 19.8 Å². The summed E-state index contributed by atoms with van der Waals surface area (Å²) in [6.07, 6.45) is 3.32. The van der Waals surface area contributed by atoms with Gasteiger partial charge in [0.15, 0.2) is 5.65 Å². The third kappa shape index (κ3) is 3.53. The maximum atomic E-state index is 11.7. The average molecular weight is 323 g/mol. The first kappa shape index (κ1) is 16.0. The summed E-state index contributed by atoms with van der Waals surface area (Å²) >= 11 is 0. The molecule has 6 nitrogen and oxygen atoms in total. The summed E-state index contributed by atoms with van der Waals surface area (Å²) in [6, 6.07) is 13.7. The van der Waals surface area contributed by atoms with Gasteiger partial charge >= 0.3 is 6.03 Å². The predicted octanol–water partition coefficient (Wildman–Crippen LogP) is 2.67. The molecule has 3 aromatic rings. The summed E-state index contributed by atoms with van der Waals surface area (Å²) in [4.78, 5) is 20.8. The Labute approximate surface area is 140 Å². The van der Waals surface area contributed by atoms with Crippen LogP contribution in [0.4, 0.5) is 4.79 Å². The summed E-state index contributed by atoms with van der Waals surface area (Å²) in [6.45, 7) is 3.22. The van der Waals surface area contributed by atoms with Crippen LogP contribution >= 0.6 is 0 Å². The highest BCUT2D eigenvalue weighted by Gasteiger charge is 2.13. The Kier molecular flexibility index (Phi) is 5.05. The van der Waals surface area contributed by atoms with Crippen LogP contribution in [0.3, 0.4) is 0 Å². The SMILES string of the molecule is CCCNC(=O)NCCc1nc2cccnc2n1-c1ccccc1. The predicted molar refractivity (Wildman–Crippen MR) is 94.3 cm³/mol. The van der Waals surface area contributed by atoms with Crippen LogP contribution in [-0.2, 0) is 6.42 Å². The largest absolute Gasteiger partial charge is 0.338 e. The molecule has 0 atom stereocenters. The standard InChI is InChI=1S/C18H21N5O/c1-2-11-20-18(24)21-13-10-16-22-15-9-6-12-19-17(15)23(16)14-7-4-3-5-8-14/h3-9,12H,2,10-11,13H2,1H3,(H2,20,21,24). The van der Waals surface area contributed by atoms with E-state index in [-0.39, 0.29) is 6.03 Å². The molecule has 2 aromatic heterocycles. The van der Waals surface area contributed by atoms with Gasteiger partial charge in [-0.15, -0.1) is 0 Å². The van der Waals surface area contributed by atoms with E-state index in [1.807, 2.05) is 54.0 Å². The molecule has 24 heavy (non-hydrogen) atoms. The topological polar surface area (TPSA) is 71.8 Å². The minimum Gasteiger partial charge on any atom is -0.338 e. The van der Waals surface area contributed by atoms with E-state index in [0.717, 1.165) is 29.1 Å². The smallest absolute Gasteiger partial charge is 0.314 e. The Morgan fingerprint density at radius 2 is 1.88 bits per heavy atom. The van der Waals surface area contributed by atoms with E-state index in [1.54, 1.807) is 6.20 Å². The van der Waals surface area contributed by atoms with Gasteiger partial charge in [-0.25, -0.2) is 14.8 Å². The van der Waals surface area contributed by atoms with Gasteiger partial charge in [-0.2, -0.15) is 0 Å². The van der Waals surface area contributed by atoms with Crippen molar-refractivity contribution in [1.29, 1.82) is 0 Å². The second-order valence-electron chi connectivity index (χ2n) is 5.48. The fourth-order valence-electron chi connectivity index (χ4n) is 2.56. The molecule has 2 heterocycles. The molecular formula is C18H21N5O. The maximum absolute atomic E-state index is 11.7. The van der Waals surface area contributed by atoms with Gasteiger partial charge in [0.2, 0.25) is 0 Å². The normalized spacial score (nSPS) is 10.7. The van der Waals surface area contributed by atoms with E-state index < -0.39 is 0 Å². The summed E-state index contributed by atoms with van der Waals surface area (Å²) in [5.41, 5.74) is 2.70. The van der Waals surface area contributed by atoms with Crippen LogP contribution in [0.25, 0.3) is 16.9 Å². The number of para-hydroxylation sites is 1. The van der Waals surface area contributed by atoms with Crippen LogP contribution in [0.15, 0.2) is 48.7 Å². The first-order valence-electron chi connectivity index (χ1n) is 8.19. The monoisotopic (exact) mass is 323 g/mol. The van der Waals surface area contributed by atoms with Crippen molar-refractivity contribution >= 4 is 17.2 Å². The summed E-state index contributed by atoms with van der Waals surface area (Å²) in [5.74, 6) is 0.880. The molecule has 2 N–H and O–H groups in total. The van der Waals surface area contributed by atoms with Crippen molar-refractivity contribution < 1.29 is 4.79 Å². The number of imidazole rings is 1. The number of aromatic nitrogens is 3. The zero-order valence-electron chi connectivity index (χ0n) is 13.7. The second kappa shape index (κ2) is 7.59. The van der Waals surface area contributed by atoms with Crippen LogP contribution in [0.2, 0.25) is 0 Å². The number of pyridine rings is 1. The molecule has 2 amide bonds. The van der Waals surface area contributed by atoms with Gasteiger partial charge < -0.3 is 10.6 Å². The van der Waals surface area contributed by atoms with Crippen molar-refractivity contribution in [2.75, 3.05) is 13.1 Å². The number of nitrogens with one attached hydrogen (secondary N) is 2. The van der Waals surface area contributed by atoms with E-state index in [1.165, 1.54) is 0 Å². The van der Waals surface area contributed by atoms with E-state index in [2.05, 4.69) is 20.6 Å². The third-order valence-electron chi connectivity index (χ3n) is 3.67. The molecule has 0 spiro atoms. The molecule has 0 aliphatic heterocycles. The lowest BCUT2D eigenvalue weighted by Gasteiger charge is -2.09. The number of hydrogen-bond acceptors (Lipinski definition) is 3. The van der Waals surface area contributed by atoms with Crippen molar-refractivity contribution in [3.05, 3.63) is 54.5 Å². The fraction of sp³-hybridized carbons (Fsp3) is 0.278. The number of carbonyl (C=O) groups excluding carboxylic acids is 1. The second-order valence-corrected chi connectivity index (χ2v) is 5.48. The minimum absolute atomic E-state index is 0.141.